The molecule has 1 N–H and O–H groups in total. The van der Waals surface area contributed by atoms with Crippen molar-refractivity contribution in [3.63, 3.8) is 0 Å². The quantitative estimate of drug-likeness (QED) is 0.695. The van der Waals surface area contributed by atoms with E-state index in [4.69, 9.17) is 0 Å². The average Bonchev–Trinajstić information content (AvgIpc) is 2.84. The van der Waals surface area contributed by atoms with Gasteiger partial charge in [0.2, 0.25) is 0 Å². The number of methoxy groups -OCH3 is 1. The average molecular weight is 173 g/mol. The van der Waals surface area contributed by atoms with Gasteiger partial charge in [0.1, 0.15) is 5.54 Å². The fourth-order valence-corrected chi connectivity index (χ4v) is 1.18. The van der Waals surface area contributed by atoms with Crippen LogP contribution < -0.4 is 5.32 Å². The molecule has 0 aromatic heterocycles. The van der Waals surface area contributed by atoms with E-state index in [2.05, 4.69) is 10.1 Å². The van der Waals surface area contributed by atoms with Crippen molar-refractivity contribution in [2.75, 3.05) is 7.11 Å². The molecule has 0 saturated heterocycles. The molecule has 1 rings (SSSR count). The van der Waals surface area contributed by atoms with Gasteiger partial charge in [-0.1, -0.05) is 6.92 Å². The van der Waals surface area contributed by atoms with Gasteiger partial charge >= 0.3 is 6.09 Å². The SMILES string of the molecule is CCC(=O)C1(NC(=O)OC)CC1.[HH]. The second kappa shape index (κ2) is 3.13. The van der Waals surface area contributed by atoms with Gasteiger partial charge < -0.3 is 10.1 Å². The fourth-order valence-electron chi connectivity index (χ4n) is 1.18. The molecule has 0 aromatic carbocycles. The van der Waals surface area contributed by atoms with Gasteiger partial charge in [-0.05, 0) is 12.8 Å². The summed E-state index contributed by atoms with van der Waals surface area (Å²) in [6.07, 6.45) is 1.43. The second-order valence-corrected chi connectivity index (χ2v) is 2.98. The smallest absolute Gasteiger partial charge is 0.407 e. The predicted molar refractivity (Wildman–Crippen MR) is 44.9 cm³/mol. The highest BCUT2D eigenvalue weighted by molar-refractivity contribution is 5.94. The van der Waals surface area contributed by atoms with Crippen LogP contribution in [0.5, 0.6) is 0 Å². The molecule has 1 amide bonds. The zero-order valence-electron chi connectivity index (χ0n) is 7.35. The first-order chi connectivity index (χ1) is 5.64. The topological polar surface area (TPSA) is 55.4 Å². The first-order valence-electron chi connectivity index (χ1n) is 4.04. The van der Waals surface area contributed by atoms with Crippen molar-refractivity contribution in [1.82, 2.24) is 5.32 Å². The molecule has 0 unspecified atom stereocenters. The van der Waals surface area contributed by atoms with Crippen LogP contribution in [0.25, 0.3) is 0 Å². The molecular weight excluding hydrogens is 158 g/mol. The summed E-state index contributed by atoms with van der Waals surface area (Å²) < 4.78 is 4.42. The van der Waals surface area contributed by atoms with Gasteiger partial charge in [0, 0.05) is 7.85 Å². The highest BCUT2D eigenvalue weighted by Crippen LogP contribution is 2.37. The number of carbonyl (C=O) groups is 2. The van der Waals surface area contributed by atoms with Crippen molar-refractivity contribution >= 4 is 11.9 Å². The molecule has 0 atom stereocenters. The Labute approximate surface area is 72.8 Å². The molecule has 0 radical (unpaired) electrons. The summed E-state index contributed by atoms with van der Waals surface area (Å²) in [6, 6.07) is 0. The van der Waals surface area contributed by atoms with Crippen LogP contribution in [0.3, 0.4) is 0 Å². The first kappa shape index (κ1) is 9.03. The summed E-state index contributed by atoms with van der Waals surface area (Å²) in [6.45, 7) is 1.79. The Kier molecular flexibility index (Phi) is 2.35. The molecule has 1 saturated carbocycles. The Bertz CT molecular complexity index is 213. The van der Waals surface area contributed by atoms with Crippen molar-refractivity contribution in [3.8, 4) is 0 Å². The van der Waals surface area contributed by atoms with E-state index in [1.54, 1.807) is 6.92 Å². The maximum Gasteiger partial charge on any atom is 0.407 e. The third kappa shape index (κ3) is 1.57. The van der Waals surface area contributed by atoms with E-state index in [1.807, 2.05) is 0 Å². The van der Waals surface area contributed by atoms with Crippen LogP contribution in [0.4, 0.5) is 4.79 Å². The van der Waals surface area contributed by atoms with Crippen LogP contribution in [0.15, 0.2) is 0 Å². The van der Waals surface area contributed by atoms with Crippen molar-refractivity contribution < 1.29 is 15.8 Å². The van der Waals surface area contributed by atoms with Crippen LogP contribution >= 0.6 is 0 Å². The lowest BCUT2D eigenvalue weighted by molar-refractivity contribution is -0.121. The zero-order valence-corrected chi connectivity index (χ0v) is 7.35. The van der Waals surface area contributed by atoms with Gasteiger partial charge in [-0.25, -0.2) is 4.79 Å². The van der Waals surface area contributed by atoms with E-state index in [9.17, 15) is 9.59 Å². The monoisotopic (exact) mass is 173 g/mol. The van der Waals surface area contributed by atoms with Crippen molar-refractivity contribution in [1.29, 1.82) is 0 Å². The maximum absolute atomic E-state index is 11.3. The standard InChI is InChI=1S/C8H13NO3.H2/c1-3-6(10)8(4-5-8)9-7(11)12-2;/h3-5H2,1-2H3,(H,9,11);1H. The first-order valence-corrected chi connectivity index (χ1v) is 4.04. The van der Waals surface area contributed by atoms with E-state index in [0.717, 1.165) is 12.8 Å². The maximum atomic E-state index is 11.3. The molecule has 1 fully saturated rings. The van der Waals surface area contributed by atoms with E-state index < -0.39 is 11.6 Å². The molecule has 12 heavy (non-hydrogen) atoms. The summed E-state index contributed by atoms with van der Waals surface area (Å²) in [4.78, 5) is 22.1. The third-order valence-electron chi connectivity index (χ3n) is 2.13. The van der Waals surface area contributed by atoms with E-state index in [-0.39, 0.29) is 7.21 Å². The summed E-state index contributed by atoms with van der Waals surface area (Å²) >= 11 is 0. The lowest BCUT2D eigenvalue weighted by Crippen LogP contribution is -2.42. The van der Waals surface area contributed by atoms with Crippen LogP contribution in [-0.4, -0.2) is 24.5 Å². The number of hydrogen-bond donors (Lipinski definition) is 1. The Morgan fingerprint density at radius 3 is 2.50 bits per heavy atom. The number of carbonyl (C=O) groups excluding carboxylic acids is 2. The number of amides is 1. The van der Waals surface area contributed by atoms with E-state index >= 15 is 0 Å². The third-order valence-corrected chi connectivity index (χ3v) is 2.13. The Hall–Kier alpha value is -1.06. The van der Waals surface area contributed by atoms with Gasteiger partial charge in [0.05, 0.1) is 7.11 Å². The normalized spacial score (nSPS) is 18.2. The molecule has 0 aliphatic heterocycles. The molecule has 0 aromatic rings. The highest BCUT2D eigenvalue weighted by Gasteiger charge is 2.49. The van der Waals surface area contributed by atoms with Gasteiger partial charge in [-0.15, -0.1) is 0 Å². The molecule has 0 bridgehead atoms. The van der Waals surface area contributed by atoms with Crippen molar-refractivity contribution in [2.24, 2.45) is 0 Å². The molecule has 4 heteroatoms. The van der Waals surface area contributed by atoms with Crippen LogP contribution in [0, 0.1) is 0 Å². The minimum Gasteiger partial charge on any atom is -0.453 e. The van der Waals surface area contributed by atoms with Gasteiger partial charge in [0.15, 0.2) is 5.78 Å². The highest BCUT2D eigenvalue weighted by atomic mass is 16.5. The minimum atomic E-state index is -0.582. The van der Waals surface area contributed by atoms with Gasteiger partial charge in [0.25, 0.3) is 0 Å². The number of ether oxygens (including phenoxy) is 1. The van der Waals surface area contributed by atoms with Crippen molar-refractivity contribution in [2.45, 2.75) is 31.7 Å². The second-order valence-electron chi connectivity index (χ2n) is 2.98. The largest absolute Gasteiger partial charge is 0.453 e. The number of hydrogen-bond acceptors (Lipinski definition) is 3. The summed E-state index contributed by atoms with van der Waals surface area (Å²) in [7, 11) is 1.29. The number of nitrogens with one attached hydrogen (secondary N) is 1. The fraction of sp³-hybridized carbons (Fsp3) is 0.750. The zero-order chi connectivity index (χ0) is 9.19. The van der Waals surface area contributed by atoms with Gasteiger partial charge in [-0.2, -0.15) is 0 Å². The van der Waals surface area contributed by atoms with Crippen LogP contribution in [0.2, 0.25) is 0 Å². The molecule has 4 nitrogen and oxygen atoms in total. The number of Topliss-reactive ketones (excluding diaryl/α,β-unsaturated/α-hetero) is 1. The molecule has 70 valence electrons. The summed E-state index contributed by atoms with van der Waals surface area (Å²) in [5.41, 5.74) is -0.582. The van der Waals surface area contributed by atoms with Gasteiger partial charge in [-0.3, -0.25) is 4.79 Å². The molecular formula is C8H15NO3. The molecule has 0 heterocycles. The Morgan fingerprint density at radius 2 is 2.17 bits per heavy atom. The van der Waals surface area contributed by atoms with Crippen LogP contribution in [0.1, 0.15) is 27.6 Å². The Morgan fingerprint density at radius 1 is 1.58 bits per heavy atom. The van der Waals surface area contributed by atoms with Crippen molar-refractivity contribution in [3.05, 3.63) is 0 Å². The summed E-state index contributed by atoms with van der Waals surface area (Å²) in [5.74, 6) is 0.0906. The minimum absolute atomic E-state index is 0. The molecule has 1 aliphatic carbocycles. The number of rotatable bonds is 3. The van der Waals surface area contributed by atoms with E-state index in [0.29, 0.717) is 6.42 Å². The molecule has 1 aliphatic rings. The molecule has 0 spiro atoms. The lowest BCUT2D eigenvalue weighted by atomic mass is 10.1. The lowest BCUT2D eigenvalue weighted by Gasteiger charge is -2.13. The summed E-state index contributed by atoms with van der Waals surface area (Å²) in [5, 5.41) is 2.56. The number of ketones is 1. The number of alkyl carbamates (subject to hydrolysis) is 1. The predicted octanol–water partition coefficient (Wildman–Crippen LogP) is 1.10. The van der Waals surface area contributed by atoms with Crippen LogP contribution in [-0.2, 0) is 9.53 Å². The van der Waals surface area contributed by atoms with E-state index in [1.165, 1.54) is 7.11 Å². The Balaban J connectivity index is 0.00000144.